The molecule has 2 nitrogen and oxygen atoms in total. The monoisotopic (exact) mass is 187 g/mol. The van der Waals surface area contributed by atoms with Crippen molar-refractivity contribution in [2.45, 2.75) is 20.8 Å². The molecule has 0 saturated carbocycles. The Balaban J connectivity index is 3.92. The first-order valence-corrected chi connectivity index (χ1v) is 5.91. The van der Waals surface area contributed by atoms with Gasteiger partial charge < -0.3 is 0 Å². The topological polar surface area (TPSA) is 29.1 Å². The van der Waals surface area contributed by atoms with Gasteiger partial charge in [-0.3, -0.25) is 4.21 Å². The van der Waals surface area contributed by atoms with Gasteiger partial charge in [0.05, 0.1) is 6.54 Å². The molecular weight excluding hydrogens is 170 g/mol. The van der Waals surface area contributed by atoms with E-state index < -0.39 is 9.71 Å². The fourth-order valence-corrected chi connectivity index (χ4v) is 0.876. The van der Waals surface area contributed by atoms with Gasteiger partial charge in [0.2, 0.25) is 0 Å². The van der Waals surface area contributed by atoms with E-state index in [4.69, 9.17) is 0 Å². The van der Waals surface area contributed by atoms with E-state index >= 15 is 0 Å². The quantitative estimate of drug-likeness (QED) is 0.505. The van der Waals surface area contributed by atoms with Crippen LogP contribution in [0.3, 0.4) is 0 Å². The van der Waals surface area contributed by atoms with E-state index in [1.54, 1.807) is 6.26 Å². The fraction of sp³-hybridized carbons (Fsp3) is 0.667. The summed E-state index contributed by atoms with van der Waals surface area (Å²) in [6.07, 6.45) is 1.56. The van der Waals surface area contributed by atoms with Crippen molar-refractivity contribution in [2.24, 2.45) is 5.41 Å². The van der Waals surface area contributed by atoms with Crippen molar-refractivity contribution in [3.8, 4) is 11.8 Å². The van der Waals surface area contributed by atoms with E-state index in [0.29, 0.717) is 6.54 Å². The third kappa shape index (κ3) is 9.54. The third-order valence-corrected chi connectivity index (χ3v) is 1.68. The SMILES string of the molecule is C=S(C)(=O)NCC#CC(C)(C)C. The summed E-state index contributed by atoms with van der Waals surface area (Å²) in [6, 6.07) is 0. The van der Waals surface area contributed by atoms with Gasteiger partial charge in [0.25, 0.3) is 0 Å². The van der Waals surface area contributed by atoms with Crippen LogP contribution in [-0.4, -0.2) is 22.9 Å². The van der Waals surface area contributed by atoms with Gasteiger partial charge in [0.1, 0.15) is 0 Å². The second-order valence-electron chi connectivity index (χ2n) is 3.88. The van der Waals surface area contributed by atoms with Crippen LogP contribution in [0, 0.1) is 17.3 Å². The molecule has 0 amide bonds. The van der Waals surface area contributed by atoms with Crippen molar-refractivity contribution in [3.05, 3.63) is 0 Å². The van der Waals surface area contributed by atoms with E-state index in [9.17, 15) is 4.21 Å². The fourth-order valence-electron chi connectivity index (χ4n) is 0.498. The summed E-state index contributed by atoms with van der Waals surface area (Å²) in [6.45, 7) is 6.55. The second kappa shape index (κ2) is 3.97. The molecular formula is C9H17NOS. The highest BCUT2D eigenvalue weighted by Crippen LogP contribution is 2.09. The molecule has 0 aromatic heterocycles. The first kappa shape index (κ1) is 11.5. The summed E-state index contributed by atoms with van der Waals surface area (Å²) < 4.78 is 13.8. The molecule has 0 heterocycles. The van der Waals surface area contributed by atoms with Crippen LogP contribution in [0.5, 0.6) is 0 Å². The number of hydrogen-bond donors (Lipinski definition) is 1. The van der Waals surface area contributed by atoms with Crippen LogP contribution >= 0.6 is 0 Å². The number of hydrogen-bond acceptors (Lipinski definition) is 1. The maximum atomic E-state index is 11.0. The molecule has 3 heteroatoms. The molecule has 0 bridgehead atoms. The highest BCUT2D eigenvalue weighted by Gasteiger charge is 2.02. The standard InChI is InChI=1S/C9H17NOS/c1-9(2,3)7-6-8-10-12(4,5)11/h4,8H2,1-3,5H3,(H,10,11). The lowest BCUT2D eigenvalue weighted by atomic mass is 9.98. The lowest BCUT2D eigenvalue weighted by molar-refractivity contribution is 0.570. The summed E-state index contributed by atoms with van der Waals surface area (Å²) in [5.41, 5.74) is 0.0114. The smallest absolute Gasteiger partial charge is 0.0688 e. The van der Waals surface area contributed by atoms with Crippen LogP contribution in [0.15, 0.2) is 0 Å². The largest absolute Gasteiger partial charge is 0.253 e. The minimum absolute atomic E-state index is 0.0114. The van der Waals surface area contributed by atoms with E-state index in [1.807, 2.05) is 20.8 Å². The van der Waals surface area contributed by atoms with E-state index in [1.165, 1.54) is 0 Å². The average molecular weight is 187 g/mol. The van der Waals surface area contributed by atoms with Gasteiger partial charge in [-0.05, 0) is 26.6 Å². The van der Waals surface area contributed by atoms with Crippen LogP contribution in [0.4, 0.5) is 0 Å². The Morgan fingerprint density at radius 3 is 2.33 bits per heavy atom. The molecule has 0 aliphatic heterocycles. The minimum Gasteiger partial charge on any atom is -0.253 e. The molecule has 0 aliphatic carbocycles. The van der Waals surface area contributed by atoms with Crippen molar-refractivity contribution in [1.82, 2.24) is 4.72 Å². The Hall–Kier alpha value is -0.460. The van der Waals surface area contributed by atoms with Gasteiger partial charge in [-0.1, -0.05) is 11.8 Å². The van der Waals surface area contributed by atoms with Crippen LogP contribution in [0.1, 0.15) is 20.8 Å². The van der Waals surface area contributed by atoms with Crippen molar-refractivity contribution in [2.75, 3.05) is 12.8 Å². The summed E-state index contributed by atoms with van der Waals surface area (Å²) in [5, 5.41) is 0. The average Bonchev–Trinajstić information content (AvgIpc) is 1.76. The predicted molar refractivity (Wildman–Crippen MR) is 56.4 cm³/mol. The first-order valence-electron chi connectivity index (χ1n) is 3.77. The van der Waals surface area contributed by atoms with E-state index in [0.717, 1.165) is 0 Å². The molecule has 0 aromatic carbocycles. The van der Waals surface area contributed by atoms with Crippen LogP contribution in [0.2, 0.25) is 0 Å². The molecule has 0 aliphatic rings. The van der Waals surface area contributed by atoms with Gasteiger partial charge in [-0.25, -0.2) is 4.72 Å². The van der Waals surface area contributed by atoms with Gasteiger partial charge in [-0.15, -0.1) is 0 Å². The normalized spacial score (nSPS) is 16.0. The summed E-state index contributed by atoms with van der Waals surface area (Å²) in [4.78, 5) is 0. The summed E-state index contributed by atoms with van der Waals surface area (Å²) >= 11 is 0. The molecule has 12 heavy (non-hydrogen) atoms. The third-order valence-electron chi connectivity index (χ3n) is 0.929. The lowest BCUT2D eigenvalue weighted by Gasteiger charge is -2.07. The molecule has 0 saturated heterocycles. The summed E-state index contributed by atoms with van der Waals surface area (Å²) in [7, 11) is -2.09. The van der Waals surface area contributed by atoms with Gasteiger partial charge in [-0.2, -0.15) is 0 Å². The molecule has 1 atom stereocenters. The van der Waals surface area contributed by atoms with Crippen molar-refractivity contribution in [1.29, 1.82) is 0 Å². The first-order chi connectivity index (χ1) is 5.21. The van der Waals surface area contributed by atoms with Gasteiger partial charge in [0, 0.05) is 21.4 Å². The highest BCUT2D eigenvalue weighted by atomic mass is 32.2. The zero-order chi connectivity index (χ0) is 9.83. The predicted octanol–water partition coefficient (Wildman–Crippen LogP) is 0.887. The molecule has 70 valence electrons. The van der Waals surface area contributed by atoms with Gasteiger partial charge in [0.15, 0.2) is 0 Å². The van der Waals surface area contributed by atoms with E-state index in [-0.39, 0.29) is 5.41 Å². The maximum Gasteiger partial charge on any atom is 0.0688 e. The molecule has 0 fully saturated rings. The Kier molecular flexibility index (Phi) is 3.82. The Labute approximate surface area is 75.9 Å². The highest BCUT2D eigenvalue weighted by molar-refractivity contribution is 7.97. The van der Waals surface area contributed by atoms with Crippen LogP contribution < -0.4 is 4.72 Å². The van der Waals surface area contributed by atoms with Crippen LogP contribution in [0.25, 0.3) is 0 Å². The molecule has 0 radical (unpaired) electrons. The Morgan fingerprint density at radius 2 is 2.00 bits per heavy atom. The molecule has 0 rings (SSSR count). The minimum atomic E-state index is -2.09. The lowest BCUT2D eigenvalue weighted by Crippen LogP contribution is -2.22. The molecule has 0 aromatic rings. The maximum absolute atomic E-state index is 11.0. The molecule has 0 spiro atoms. The number of rotatable bonds is 2. The van der Waals surface area contributed by atoms with E-state index in [2.05, 4.69) is 22.4 Å². The molecule has 1 unspecified atom stereocenters. The second-order valence-corrected chi connectivity index (χ2v) is 6.18. The Bertz CT molecular complexity index is 285. The van der Waals surface area contributed by atoms with Crippen molar-refractivity contribution in [3.63, 3.8) is 0 Å². The number of nitrogens with one attached hydrogen (secondary N) is 1. The summed E-state index contributed by atoms with van der Waals surface area (Å²) in [5.74, 6) is 9.38. The zero-order valence-electron chi connectivity index (χ0n) is 8.23. The van der Waals surface area contributed by atoms with Gasteiger partial charge >= 0.3 is 0 Å². The van der Waals surface area contributed by atoms with Crippen LogP contribution in [-0.2, 0) is 9.71 Å². The van der Waals surface area contributed by atoms with Crippen molar-refractivity contribution >= 4 is 15.6 Å². The Morgan fingerprint density at radius 1 is 1.50 bits per heavy atom. The molecule has 1 N–H and O–H groups in total. The zero-order valence-corrected chi connectivity index (χ0v) is 9.05. The van der Waals surface area contributed by atoms with Crippen molar-refractivity contribution < 1.29 is 4.21 Å².